The van der Waals surface area contributed by atoms with E-state index in [1.165, 1.54) is 5.56 Å². The Morgan fingerprint density at radius 3 is 2.67 bits per heavy atom. The Bertz CT molecular complexity index is 759. The zero-order valence-electron chi connectivity index (χ0n) is 11.8. The molecule has 4 heteroatoms. The Morgan fingerprint density at radius 1 is 1.10 bits per heavy atom. The molecular weight excluding hydrogens is 262 g/mol. The van der Waals surface area contributed by atoms with Gasteiger partial charge in [-0.3, -0.25) is 0 Å². The Kier molecular flexibility index (Phi) is 3.60. The van der Waals surface area contributed by atoms with Gasteiger partial charge in [-0.15, -0.1) is 0 Å². The normalized spacial score (nSPS) is 10.5. The first-order valence-corrected chi connectivity index (χ1v) is 6.89. The van der Waals surface area contributed by atoms with Crippen LogP contribution in [0.5, 0.6) is 0 Å². The summed E-state index contributed by atoms with van der Waals surface area (Å²) in [5.41, 5.74) is 4.08. The number of hydrogen-bond acceptors (Lipinski definition) is 1. The molecule has 0 aliphatic heterocycles. The van der Waals surface area contributed by atoms with Gasteiger partial charge in [-0.25, -0.2) is 4.79 Å². The minimum Gasteiger partial charge on any atom is -0.359 e. The van der Waals surface area contributed by atoms with Crippen molar-refractivity contribution in [1.82, 2.24) is 10.3 Å². The number of fused-ring (bicyclic) bond motifs is 1. The zero-order valence-corrected chi connectivity index (χ0v) is 11.8. The Hall–Kier alpha value is -2.75. The average Bonchev–Trinajstić information content (AvgIpc) is 2.90. The average molecular weight is 279 g/mol. The van der Waals surface area contributed by atoms with Crippen molar-refractivity contribution in [3.63, 3.8) is 0 Å². The third-order valence-corrected chi connectivity index (χ3v) is 3.41. The number of carbonyl (C=O) groups excluding carboxylic acids is 1. The van der Waals surface area contributed by atoms with E-state index in [0.29, 0.717) is 6.54 Å². The number of carbonyl (C=O) groups is 1. The molecule has 0 aliphatic carbocycles. The van der Waals surface area contributed by atoms with Crippen molar-refractivity contribution in [3.05, 3.63) is 65.9 Å². The number of aryl methyl sites for hydroxylation is 1. The van der Waals surface area contributed by atoms with Crippen molar-refractivity contribution in [3.8, 4) is 0 Å². The van der Waals surface area contributed by atoms with Crippen molar-refractivity contribution < 1.29 is 4.79 Å². The molecule has 0 spiro atoms. The smallest absolute Gasteiger partial charge is 0.319 e. The molecular formula is C17H17N3O. The lowest BCUT2D eigenvalue weighted by atomic mass is 10.1. The lowest BCUT2D eigenvalue weighted by Crippen LogP contribution is -2.28. The summed E-state index contributed by atoms with van der Waals surface area (Å²) in [4.78, 5) is 15.1. The van der Waals surface area contributed by atoms with Crippen molar-refractivity contribution >= 4 is 22.6 Å². The van der Waals surface area contributed by atoms with Crippen LogP contribution in [-0.4, -0.2) is 11.0 Å². The van der Waals surface area contributed by atoms with Gasteiger partial charge in [-0.1, -0.05) is 48.0 Å². The number of benzene rings is 2. The third-order valence-electron chi connectivity index (χ3n) is 3.41. The lowest BCUT2D eigenvalue weighted by Gasteiger charge is -2.07. The van der Waals surface area contributed by atoms with Crippen LogP contribution in [0.1, 0.15) is 11.1 Å². The van der Waals surface area contributed by atoms with E-state index in [1.54, 1.807) is 6.20 Å². The first kappa shape index (κ1) is 13.2. The minimum atomic E-state index is -0.208. The quantitative estimate of drug-likeness (QED) is 0.671. The van der Waals surface area contributed by atoms with E-state index in [0.717, 1.165) is 22.2 Å². The number of aromatic nitrogens is 1. The van der Waals surface area contributed by atoms with Crippen LogP contribution in [0.15, 0.2) is 54.7 Å². The fraction of sp³-hybridized carbons (Fsp3) is 0.118. The van der Waals surface area contributed by atoms with Gasteiger partial charge >= 0.3 is 6.03 Å². The molecule has 21 heavy (non-hydrogen) atoms. The maximum atomic E-state index is 12.0. The third kappa shape index (κ3) is 3.05. The molecule has 1 aromatic heterocycles. The standard InChI is InChI=1S/C17H17N3O/c1-12-6-8-13(9-7-12)10-19-17(21)20-16-11-18-15-5-3-2-4-14(15)16/h2-9,11,18H,10H2,1H3,(H2,19,20,21). The van der Waals surface area contributed by atoms with Crippen LogP contribution in [0.4, 0.5) is 10.5 Å². The molecule has 0 aliphatic rings. The van der Waals surface area contributed by atoms with Crippen LogP contribution in [-0.2, 0) is 6.54 Å². The van der Waals surface area contributed by atoms with Gasteiger partial charge in [0.1, 0.15) is 0 Å². The summed E-state index contributed by atoms with van der Waals surface area (Å²) in [7, 11) is 0. The van der Waals surface area contributed by atoms with Crippen molar-refractivity contribution in [1.29, 1.82) is 0 Å². The van der Waals surface area contributed by atoms with Gasteiger partial charge in [-0.2, -0.15) is 0 Å². The highest BCUT2D eigenvalue weighted by atomic mass is 16.2. The second-order valence-corrected chi connectivity index (χ2v) is 5.04. The van der Waals surface area contributed by atoms with Crippen LogP contribution in [0, 0.1) is 6.92 Å². The number of anilines is 1. The van der Waals surface area contributed by atoms with Crippen LogP contribution < -0.4 is 10.6 Å². The SMILES string of the molecule is Cc1ccc(CNC(=O)Nc2c[nH]c3ccccc23)cc1. The van der Waals surface area contributed by atoms with E-state index in [-0.39, 0.29) is 6.03 Å². The summed E-state index contributed by atoms with van der Waals surface area (Å²) in [5, 5.41) is 6.73. The van der Waals surface area contributed by atoms with Gasteiger partial charge in [0.25, 0.3) is 0 Å². The Morgan fingerprint density at radius 2 is 1.86 bits per heavy atom. The van der Waals surface area contributed by atoms with Crippen LogP contribution in [0.2, 0.25) is 0 Å². The van der Waals surface area contributed by atoms with Gasteiger partial charge in [0, 0.05) is 23.6 Å². The Balaban J connectivity index is 1.62. The first-order chi connectivity index (χ1) is 10.2. The number of nitrogens with one attached hydrogen (secondary N) is 3. The van der Waals surface area contributed by atoms with Crippen molar-refractivity contribution in [2.24, 2.45) is 0 Å². The molecule has 0 radical (unpaired) electrons. The van der Waals surface area contributed by atoms with E-state index in [9.17, 15) is 4.79 Å². The molecule has 0 saturated carbocycles. The highest BCUT2D eigenvalue weighted by Crippen LogP contribution is 2.22. The van der Waals surface area contributed by atoms with E-state index in [1.807, 2.05) is 55.5 Å². The molecule has 0 fully saturated rings. The fourth-order valence-corrected chi connectivity index (χ4v) is 2.23. The van der Waals surface area contributed by atoms with Crippen molar-refractivity contribution in [2.75, 3.05) is 5.32 Å². The van der Waals surface area contributed by atoms with Gasteiger partial charge in [0.05, 0.1) is 5.69 Å². The lowest BCUT2D eigenvalue weighted by molar-refractivity contribution is 0.252. The summed E-state index contributed by atoms with van der Waals surface area (Å²) in [6.45, 7) is 2.55. The van der Waals surface area contributed by atoms with Crippen molar-refractivity contribution in [2.45, 2.75) is 13.5 Å². The largest absolute Gasteiger partial charge is 0.359 e. The van der Waals surface area contributed by atoms with Gasteiger partial charge in [0.2, 0.25) is 0 Å². The van der Waals surface area contributed by atoms with Crippen LogP contribution in [0.25, 0.3) is 10.9 Å². The Labute approximate surface area is 123 Å². The van der Waals surface area contributed by atoms with E-state index < -0.39 is 0 Å². The predicted octanol–water partition coefficient (Wildman–Crippen LogP) is 3.80. The van der Waals surface area contributed by atoms with Crippen LogP contribution in [0.3, 0.4) is 0 Å². The number of para-hydroxylation sites is 1. The topological polar surface area (TPSA) is 56.9 Å². The molecule has 2 amide bonds. The highest BCUT2D eigenvalue weighted by Gasteiger charge is 2.06. The number of aromatic amines is 1. The molecule has 0 bridgehead atoms. The number of amides is 2. The van der Waals surface area contributed by atoms with E-state index in [2.05, 4.69) is 15.6 Å². The molecule has 3 aromatic rings. The predicted molar refractivity (Wildman–Crippen MR) is 85.3 cm³/mol. The molecule has 0 saturated heterocycles. The van der Waals surface area contributed by atoms with Gasteiger partial charge in [0.15, 0.2) is 0 Å². The second-order valence-electron chi connectivity index (χ2n) is 5.04. The van der Waals surface area contributed by atoms with Gasteiger partial charge < -0.3 is 15.6 Å². The maximum Gasteiger partial charge on any atom is 0.319 e. The summed E-state index contributed by atoms with van der Waals surface area (Å²) in [6.07, 6.45) is 1.80. The summed E-state index contributed by atoms with van der Waals surface area (Å²) < 4.78 is 0. The monoisotopic (exact) mass is 279 g/mol. The molecule has 0 unspecified atom stereocenters. The first-order valence-electron chi connectivity index (χ1n) is 6.89. The number of rotatable bonds is 3. The molecule has 3 rings (SSSR count). The molecule has 2 aromatic carbocycles. The summed E-state index contributed by atoms with van der Waals surface area (Å²) >= 11 is 0. The molecule has 1 heterocycles. The maximum absolute atomic E-state index is 12.0. The highest BCUT2D eigenvalue weighted by molar-refractivity contribution is 6.00. The summed E-state index contributed by atoms with van der Waals surface area (Å²) in [6, 6.07) is 15.8. The fourth-order valence-electron chi connectivity index (χ4n) is 2.23. The minimum absolute atomic E-state index is 0.208. The number of urea groups is 1. The van der Waals surface area contributed by atoms with E-state index in [4.69, 9.17) is 0 Å². The molecule has 106 valence electrons. The van der Waals surface area contributed by atoms with E-state index >= 15 is 0 Å². The second kappa shape index (κ2) is 5.71. The number of hydrogen-bond donors (Lipinski definition) is 3. The molecule has 0 atom stereocenters. The number of H-pyrrole nitrogens is 1. The van der Waals surface area contributed by atoms with Crippen LogP contribution >= 0.6 is 0 Å². The molecule has 4 nitrogen and oxygen atoms in total. The summed E-state index contributed by atoms with van der Waals surface area (Å²) in [5.74, 6) is 0. The molecule has 3 N–H and O–H groups in total. The van der Waals surface area contributed by atoms with Gasteiger partial charge in [-0.05, 0) is 18.6 Å². The zero-order chi connectivity index (χ0) is 14.7.